The first-order valence-corrected chi connectivity index (χ1v) is 14.8. The summed E-state index contributed by atoms with van der Waals surface area (Å²) in [6.07, 6.45) is 2.72. The van der Waals surface area contributed by atoms with E-state index in [2.05, 4.69) is 5.32 Å². The number of rotatable bonds is 17. The molecule has 0 aromatic heterocycles. The molecule has 2 N–H and O–H groups in total. The van der Waals surface area contributed by atoms with Gasteiger partial charge in [0, 0.05) is 39.3 Å². The smallest absolute Gasteiger partial charge is 0.410 e. The molecule has 1 aromatic carbocycles. The minimum absolute atomic E-state index is 0.0768. The van der Waals surface area contributed by atoms with Gasteiger partial charge in [-0.1, -0.05) is 12.1 Å². The minimum atomic E-state index is -0.620. The minimum Gasteiger partial charge on any atom is -0.497 e. The number of unbranched alkanes of at least 4 members (excludes halogenated alkanes) is 3. The summed E-state index contributed by atoms with van der Waals surface area (Å²) in [4.78, 5) is 40.9. The van der Waals surface area contributed by atoms with Gasteiger partial charge in [0.15, 0.2) is 0 Å². The van der Waals surface area contributed by atoms with Crippen molar-refractivity contribution < 1.29 is 38.4 Å². The number of aliphatic hydroxyl groups excluding tert-OH is 1. The quantitative estimate of drug-likeness (QED) is 0.173. The monoisotopic (exact) mass is 595 g/mol. The van der Waals surface area contributed by atoms with E-state index < -0.39 is 17.3 Å². The average molecular weight is 596 g/mol. The van der Waals surface area contributed by atoms with Crippen LogP contribution in [0.25, 0.3) is 0 Å². The molecule has 0 aliphatic rings. The molecule has 0 aliphatic carbocycles. The number of nitrogens with one attached hydrogen (secondary N) is 1. The summed E-state index contributed by atoms with van der Waals surface area (Å²) in [5, 5.41) is 11.9. The fourth-order valence-electron chi connectivity index (χ4n) is 3.80. The van der Waals surface area contributed by atoms with Crippen molar-refractivity contribution in [1.82, 2.24) is 15.1 Å². The number of alkyl carbamates (subject to hydrolysis) is 1. The van der Waals surface area contributed by atoms with Crippen molar-refractivity contribution in [2.75, 3.05) is 46.4 Å². The zero-order chi connectivity index (χ0) is 31.6. The highest BCUT2D eigenvalue weighted by molar-refractivity contribution is 5.68. The Morgan fingerprint density at radius 1 is 0.738 bits per heavy atom. The molecule has 0 radical (unpaired) electrons. The molecular formula is C31H53N3O8. The van der Waals surface area contributed by atoms with Crippen molar-refractivity contribution in [2.45, 2.75) is 97.9 Å². The van der Waals surface area contributed by atoms with Crippen molar-refractivity contribution >= 4 is 18.3 Å². The second kappa shape index (κ2) is 19.1. The highest BCUT2D eigenvalue weighted by Gasteiger charge is 2.23. The van der Waals surface area contributed by atoms with Crippen LogP contribution in [0.3, 0.4) is 0 Å². The van der Waals surface area contributed by atoms with Gasteiger partial charge in [-0.15, -0.1) is 0 Å². The number of amides is 3. The molecule has 1 rings (SSSR count). The average Bonchev–Trinajstić information content (AvgIpc) is 2.90. The fourth-order valence-corrected chi connectivity index (χ4v) is 3.80. The lowest BCUT2D eigenvalue weighted by Gasteiger charge is -2.29. The third kappa shape index (κ3) is 17.6. The maximum atomic E-state index is 12.9. The van der Waals surface area contributed by atoms with E-state index in [4.69, 9.17) is 24.1 Å². The van der Waals surface area contributed by atoms with E-state index >= 15 is 0 Å². The number of hydrogen-bond acceptors (Lipinski definition) is 8. The Balaban J connectivity index is 2.51. The lowest BCUT2D eigenvalue weighted by molar-refractivity contribution is 0.0205. The summed E-state index contributed by atoms with van der Waals surface area (Å²) in [7, 11) is 1.59. The van der Waals surface area contributed by atoms with Gasteiger partial charge in [-0.3, -0.25) is 0 Å². The van der Waals surface area contributed by atoms with Crippen LogP contribution in [0.15, 0.2) is 24.3 Å². The van der Waals surface area contributed by atoms with Crippen LogP contribution in [0, 0.1) is 0 Å². The van der Waals surface area contributed by atoms with Gasteiger partial charge in [0.1, 0.15) is 23.6 Å². The van der Waals surface area contributed by atoms with E-state index in [1.807, 2.05) is 65.8 Å². The van der Waals surface area contributed by atoms with E-state index in [9.17, 15) is 14.4 Å². The molecule has 0 bridgehead atoms. The largest absolute Gasteiger partial charge is 0.497 e. The van der Waals surface area contributed by atoms with Crippen LogP contribution in [-0.2, 0) is 20.8 Å². The van der Waals surface area contributed by atoms with Gasteiger partial charge in [0.25, 0.3) is 0 Å². The highest BCUT2D eigenvalue weighted by Crippen LogP contribution is 2.14. The molecule has 0 fully saturated rings. The van der Waals surface area contributed by atoms with Crippen LogP contribution in [0.1, 0.15) is 85.6 Å². The Labute approximate surface area is 251 Å². The molecule has 3 amide bonds. The summed E-state index contributed by atoms with van der Waals surface area (Å²) in [5.74, 6) is 0.737. The van der Waals surface area contributed by atoms with Gasteiger partial charge in [0.2, 0.25) is 0 Å². The normalized spacial score (nSPS) is 11.4. The van der Waals surface area contributed by atoms with Crippen molar-refractivity contribution in [3.63, 3.8) is 0 Å². The zero-order valence-corrected chi connectivity index (χ0v) is 26.7. The van der Waals surface area contributed by atoms with Crippen molar-refractivity contribution in [2.24, 2.45) is 0 Å². The van der Waals surface area contributed by atoms with Crippen LogP contribution in [-0.4, -0.2) is 90.8 Å². The molecule has 0 saturated carbocycles. The van der Waals surface area contributed by atoms with Gasteiger partial charge in [-0.05, 0) is 97.8 Å². The maximum absolute atomic E-state index is 12.9. The second-order valence-corrected chi connectivity index (χ2v) is 12.1. The lowest BCUT2D eigenvalue weighted by Crippen LogP contribution is -2.39. The number of carbonyl (C=O) groups excluding carboxylic acids is 3. The zero-order valence-electron chi connectivity index (χ0n) is 26.7. The van der Waals surface area contributed by atoms with Crippen LogP contribution < -0.4 is 10.1 Å². The molecule has 0 spiro atoms. The van der Waals surface area contributed by atoms with Crippen molar-refractivity contribution in [3.8, 4) is 5.75 Å². The standard InChI is InChI=1S/C31H53N3O8/c1-30(2,3)41-28(37)33(20-10-11-21-34(22-12-13-23-35)29(38)42-31(4,5)6)19-9-8-18-32-27(36)40-24-25-14-16-26(39-7)17-15-25/h14-17,35H,8-13,18-24H2,1-7H3,(H,32,36). The Morgan fingerprint density at radius 3 is 1.62 bits per heavy atom. The van der Waals surface area contributed by atoms with Crippen LogP contribution in [0.5, 0.6) is 5.75 Å². The molecule has 11 nitrogen and oxygen atoms in total. The van der Waals surface area contributed by atoms with E-state index in [1.165, 1.54) is 0 Å². The SMILES string of the molecule is COc1ccc(COC(=O)NCCCCN(CCCCN(CCCCO)C(=O)OC(C)(C)C)C(=O)OC(C)(C)C)cc1. The van der Waals surface area contributed by atoms with Gasteiger partial charge >= 0.3 is 18.3 Å². The first-order chi connectivity index (χ1) is 19.7. The molecule has 0 heterocycles. The number of hydrogen-bond donors (Lipinski definition) is 2. The summed E-state index contributed by atoms with van der Waals surface area (Å²) in [6.45, 7) is 13.6. The topological polar surface area (TPSA) is 127 Å². The molecular weight excluding hydrogens is 542 g/mol. The Morgan fingerprint density at radius 2 is 1.19 bits per heavy atom. The van der Waals surface area contributed by atoms with Gasteiger partial charge in [0.05, 0.1) is 7.11 Å². The Kier molecular flexibility index (Phi) is 16.7. The summed E-state index contributed by atoms with van der Waals surface area (Å²) in [5.41, 5.74) is -0.356. The molecule has 42 heavy (non-hydrogen) atoms. The molecule has 11 heteroatoms. The molecule has 0 unspecified atom stereocenters. The van der Waals surface area contributed by atoms with E-state index in [-0.39, 0.29) is 25.4 Å². The number of ether oxygens (including phenoxy) is 4. The third-order valence-corrected chi connectivity index (χ3v) is 5.90. The van der Waals surface area contributed by atoms with Gasteiger partial charge in [-0.2, -0.15) is 0 Å². The highest BCUT2D eigenvalue weighted by atomic mass is 16.6. The first kappa shape index (κ1) is 36.8. The molecule has 240 valence electrons. The summed E-state index contributed by atoms with van der Waals surface area (Å²) < 4.78 is 21.5. The van der Waals surface area contributed by atoms with E-state index in [1.54, 1.807) is 16.9 Å². The second-order valence-electron chi connectivity index (χ2n) is 12.1. The van der Waals surface area contributed by atoms with E-state index in [0.717, 1.165) is 11.3 Å². The van der Waals surface area contributed by atoms with Crippen molar-refractivity contribution in [1.29, 1.82) is 0 Å². The Bertz CT molecular complexity index is 926. The number of aliphatic hydroxyl groups is 1. The molecule has 0 atom stereocenters. The van der Waals surface area contributed by atoms with Crippen molar-refractivity contribution in [3.05, 3.63) is 29.8 Å². The van der Waals surface area contributed by atoms with Gasteiger partial charge < -0.3 is 39.2 Å². The number of carbonyl (C=O) groups is 3. The predicted octanol–water partition coefficient (Wildman–Crippen LogP) is 5.73. The van der Waals surface area contributed by atoms with E-state index in [0.29, 0.717) is 71.2 Å². The molecule has 0 aliphatic heterocycles. The van der Waals surface area contributed by atoms with Crippen LogP contribution in [0.4, 0.5) is 14.4 Å². The molecule has 0 saturated heterocycles. The number of nitrogens with zero attached hydrogens (tertiary/aromatic N) is 2. The maximum Gasteiger partial charge on any atom is 0.410 e. The lowest BCUT2D eigenvalue weighted by atomic mass is 10.2. The third-order valence-electron chi connectivity index (χ3n) is 5.90. The fraction of sp³-hybridized carbons (Fsp3) is 0.710. The Hall–Kier alpha value is -3.21. The molecule has 1 aromatic rings. The number of methoxy groups -OCH3 is 1. The summed E-state index contributed by atoms with van der Waals surface area (Å²) >= 11 is 0. The van der Waals surface area contributed by atoms with Gasteiger partial charge in [-0.25, -0.2) is 14.4 Å². The summed E-state index contributed by atoms with van der Waals surface area (Å²) in [6, 6.07) is 7.29. The van der Waals surface area contributed by atoms with Crippen LogP contribution in [0.2, 0.25) is 0 Å². The van der Waals surface area contributed by atoms with Crippen LogP contribution >= 0.6 is 0 Å². The number of benzene rings is 1. The predicted molar refractivity (Wildman–Crippen MR) is 162 cm³/mol. The first-order valence-electron chi connectivity index (χ1n) is 14.8.